The van der Waals surface area contributed by atoms with E-state index >= 15 is 0 Å². The summed E-state index contributed by atoms with van der Waals surface area (Å²) in [4.78, 5) is 0. The second-order valence-corrected chi connectivity index (χ2v) is 4.47. The van der Waals surface area contributed by atoms with Crippen LogP contribution >= 0.6 is 0 Å². The zero-order chi connectivity index (χ0) is 11.7. The van der Waals surface area contributed by atoms with E-state index in [-0.39, 0.29) is 12.2 Å². The standard InChI is InChI=1S/C13H18O3/c1-8(14)4-10-6-11-5-9(2)16-13(11)12(7-10)15-3/h6-9,14H,4-5H2,1-3H3. The summed E-state index contributed by atoms with van der Waals surface area (Å²) in [6.07, 6.45) is 1.45. The Morgan fingerprint density at radius 1 is 1.56 bits per heavy atom. The number of fused-ring (bicyclic) bond motifs is 1. The van der Waals surface area contributed by atoms with Crippen molar-refractivity contribution in [2.45, 2.75) is 38.9 Å². The molecule has 1 aromatic rings. The molecule has 0 aliphatic carbocycles. The lowest BCUT2D eigenvalue weighted by Crippen LogP contribution is -2.05. The fourth-order valence-corrected chi connectivity index (χ4v) is 2.17. The highest BCUT2D eigenvalue weighted by molar-refractivity contribution is 5.52. The van der Waals surface area contributed by atoms with Gasteiger partial charge in [0.05, 0.1) is 13.2 Å². The summed E-state index contributed by atoms with van der Waals surface area (Å²) in [5.74, 6) is 1.64. The van der Waals surface area contributed by atoms with Crippen LogP contribution in [-0.2, 0) is 12.8 Å². The van der Waals surface area contributed by atoms with Gasteiger partial charge in [-0.25, -0.2) is 0 Å². The van der Waals surface area contributed by atoms with Gasteiger partial charge in [-0.2, -0.15) is 0 Å². The van der Waals surface area contributed by atoms with Gasteiger partial charge in [0.25, 0.3) is 0 Å². The monoisotopic (exact) mass is 222 g/mol. The van der Waals surface area contributed by atoms with E-state index in [2.05, 4.69) is 6.07 Å². The molecule has 88 valence electrons. The van der Waals surface area contributed by atoms with Gasteiger partial charge in [-0.3, -0.25) is 0 Å². The molecule has 2 unspecified atom stereocenters. The number of ether oxygens (including phenoxy) is 2. The highest BCUT2D eigenvalue weighted by atomic mass is 16.5. The Balaban J connectivity index is 2.35. The molecule has 0 aromatic heterocycles. The van der Waals surface area contributed by atoms with Crippen LogP contribution in [0.1, 0.15) is 25.0 Å². The first-order chi connectivity index (χ1) is 7.60. The Morgan fingerprint density at radius 2 is 2.31 bits per heavy atom. The third-order valence-corrected chi connectivity index (χ3v) is 2.77. The molecule has 3 heteroatoms. The van der Waals surface area contributed by atoms with Crippen molar-refractivity contribution in [1.29, 1.82) is 0 Å². The topological polar surface area (TPSA) is 38.7 Å². The van der Waals surface area contributed by atoms with Crippen LogP contribution < -0.4 is 9.47 Å². The molecule has 2 atom stereocenters. The third kappa shape index (κ3) is 2.14. The lowest BCUT2D eigenvalue weighted by molar-refractivity contribution is 0.195. The first kappa shape index (κ1) is 11.3. The van der Waals surface area contributed by atoms with Crippen LogP contribution in [0.4, 0.5) is 0 Å². The summed E-state index contributed by atoms with van der Waals surface area (Å²) in [6, 6.07) is 4.05. The second-order valence-electron chi connectivity index (χ2n) is 4.47. The maximum Gasteiger partial charge on any atom is 0.164 e. The minimum Gasteiger partial charge on any atom is -0.493 e. The van der Waals surface area contributed by atoms with Crippen molar-refractivity contribution in [3.63, 3.8) is 0 Å². The molecule has 0 radical (unpaired) electrons. The molecule has 2 rings (SSSR count). The SMILES string of the molecule is COc1cc(CC(C)O)cc2c1OC(C)C2. The summed E-state index contributed by atoms with van der Waals surface area (Å²) in [6.45, 7) is 3.84. The molecular formula is C13H18O3. The van der Waals surface area contributed by atoms with Gasteiger partial charge in [0.1, 0.15) is 6.10 Å². The van der Waals surface area contributed by atoms with Gasteiger partial charge < -0.3 is 14.6 Å². The number of hydrogen-bond donors (Lipinski definition) is 1. The molecule has 1 aliphatic heterocycles. The van der Waals surface area contributed by atoms with E-state index in [0.717, 1.165) is 23.5 Å². The number of rotatable bonds is 3. The first-order valence-electron chi connectivity index (χ1n) is 5.64. The third-order valence-electron chi connectivity index (χ3n) is 2.77. The van der Waals surface area contributed by atoms with E-state index in [1.165, 1.54) is 5.56 Å². The second kappa shape index (κ2) is 4.34. The summed E-state index contributed by atoms with van der Waals surface area (Å²) in [5.41, 5.74) is 2.28. The molecule has 16 heavy (non-hydrogen) atoms. The number of hydrogen-bond acceptors (Lipinski definition) is 3. The maximum atomic E-state index is 9.40. The molecule has 0 bridgehead atoms. The van der Waals surface area contributed by atoms with E-state index in [1.54, 1.807) is 14.0 Å². The predicted molar refractivity (Wildman–Crippen MR) is 62.2 cm³/mol. The molecule has 1 N–H and O–H groups in total. The minimum atomic E-state index is -0.331. The van der Waals surface area contributed by atoms with Crippen molar-refractivity contribution in [2.75, 3.05) is 7.11 Å². The van der Waals surface area contributed by atoms with Gasteiger partial charge in [0, 0.05) is 12.0 Å². The zero-order valence-corrected chi connectivity index (χ0v) is 9.99. The summed E-state index contributed by atoms with van der Waals surface area (Å²) < 4.78 is 11.0. The van der Waals surface area contributed by atoms with Gasteiger partial charge in [-0.05, 0) is 31.9 Å². The molecule has 0 amide bonds. The summed E-state index contributed by atoms with van der Waals surface area (Å²) >= 11 is 0. The van der Waals surface area contributed by atoms with Crippen LogP contribution in [0.15, 0.2) is 12.1 Å². The Morgan fingerprint density at radius 3 is 2.94 bits per heavy atom. The molecular weight excluding hydrogens is 204 g/mol. The van der Waals surface area contributed by atoms with Crippen LogP contribution in [-0.4, -0.2) is 24.4 Å². The molecule has 1 aliphatic rings. The Labute approximate surface area is 96.0 Å². The number of benzene rings is 1. The van der Waals surface area contributed by atoms with Gasteiger partial charge in [0.15, 0.2) is 11.5 Å². The molecule has 0 saturated carbocycles. The average molecular weight is 222 g/mol. The highest BCUT2D eigenvalue weighted by Gasteiger charge is 2.23. The van der Waals surface area contributed by atoms with Gasteiger partial charge in [-0.1, -0.05) is 6.07 Å². The molecule has 1 heterocycles. The Bertz CT molecular complexity index is 385. The van der Waals surface area contributed by atoms with E-state index in [1.807, 2.05) is 13.0 Å². The smallest absolute Gasteiger partial charge is 0.164 e. The molecule has 0 spiro atoms. The van der Waals surface area contributed by atoms with Gasteiger partial charge in [0.2, 0.25) is 0 Å². The zero-order valence-electron chi connectivity index (χ0n) is 9.99. The van der Waals surface area contributed by atoms with Crippen LogP contribution in [0.5, 0.6) is 11.5 Å². The van der Waals surface area contributed by atoms with Crippen molar-refractivity contribution in [1.82, 2.24) is 0 Å². The Hall–Kier alpha value is -1.22. The van der Waals surface area contributed by atoms with Crippen molar-refractivity contribution in [2.24, 2.45) is 0 Å². The Kier molecular flexibility index (Phi) is 3.06. The van der Waals surface area contributed by atoms with E-state index in [9.17, 15) is 5.11 Å². The van der Waals surface area contributed by atoms with E-state index in [4.69, 9.17) is 9.47 Å². The normalized spacial score (nSPS) is 20.1. The molecule has 0 saturated heterocycles. The van der Waals surface area contributed by atoms with Crippen LogP contribution in [0.3, 0.4) is 0 Å². The maximum absolute atomic E-state index is 9.40. The lowest BCUT2D eigenvalue weighted by atomic mass is 10.0. The fourth-order valence-electron chi connectivity index (χ4n) is 2.17. The van der Waals surface area contributed by atoms with Crippen LogP contribution in [0.25, 0.3) is 0 Å². The van der Waals surface area contributed by atoms with E-state index in [0.29, 0.717) is 6.42 Å². The number of aliphatic hydroxyl groups excluding tert-OH is 1. The molecule has 1 aromatic carbocycles. The van der Waals surface area contributed by atoms with Crippen LogP contribution in [0, 0.1) is 0 Å². The molecule has 3 nitrogen and oxygen atoms in total. The lowest BCUT2D eigenvalue weighted by Gasteiger charge is -2.11. The quantitative estimate of drug-likeness (QED) is 0.849. The van der Waals surface area contributed by atoms with Gasteiger partial charge in [-0.15, -0.1) is 0 Å². The average Bonchev–Trinajstić information content (AvgIpc) is 2.56. The highest BCUT2D eigenvalue weighted by Crippen LogP contribution is 2.39. The summed E-state index contributed by atoms with van der Waals surface area (Å²) in [7, 11) is 1.65. The minimum absolute atomic E-state index is 0.214. The van der Waals surface area contributed by atoms with Crippen molar-refractivity contribution in [3.05, 3.63) is 23.3 Å². The van der Waals surface area contributed by atoms with Crippen molar-refractivity contribution >= 4 is 0 Å². The fraction of sp³-hybridized carbons (Fsp3) is 0.538. The number of aliphatic hydroxyl groups is 1. The summed E-state index contributed by atoms with van der Waals surface area (Å²) in [5, 5.41) is 9.40. The van der Waals surface area contributed by atoms with E-state index < -0.39 is 0 Å². The van der Waals surface area contributed by atoms with Crippen molar-refractivity contribution in [3.8, 4) is 11.5 Å². The predicted octanol–water partition coefficient (Wildman–Crippen LogP) is 1.94. The van der Waals surface area contributed by atoms with Crippen LogP contribution in [0.2, 0.25) is 0 Å². The largest absolute Gasteiger partial charge is 0.493 e. The van der Waals surface area contributed by atoms with Gasteiger partial charge >= 0.3 is 0 Å². The van der Waals surface area contributed by atoms with Crippen molar-refractivity contribution < 1.29 is 14.6 Å². The molecule has 0 fully saturated rings. The first-order valence-corrected chi connectivity index (χ1v) is 5.64. The number of methoxy groups -OCH3 is 1.